The molecule has 27 heavy (non-hydrogen) atoms. The van der Waals surface area contributed by atoms with Crippen molar-refractivity contribution in [2.24, 2.45) is 0 Å². The van der Waals surface area contributed by atoms with Gasteiger partial charge in [-0.3, -0.25) is 9.78 Å². The summed E-state index contributed by atoms with van der Waals surface area (Å²) in [5, 5.41) is 5.39. The Morgan fingerprint density at radius 3 is 2.44 bits per heavy atom. The van der Waals surface area contributed by atoms with E-state index in [1.165, 1.54) is 24.4 Å². The number of amides is 1. The first kappa shape index (κ1) is 18.3. The van der Waals surface area contributed by atoms with Crippen LogP contribution in [-0.4, -0.2) is 18.0 Å². The van der Waals surface area contributed by atoms with Crippen LogP contribution in [0.2, 0.25) is 0 Å². The van der Waals surface area contributed by atoms with Gasteiger partial charge in [0.2, 0.25) is 0 Å². The van der Waals surface area contributed by atoms with Crippen molar-refractivity contribution >= 4 is 17.3 Å². The minimum Gasteiger partial charge on any atom is -0.497 e. The van der Waals surface area contributed by atoms with E-state index in [9.17, 15) is 13.6 Å². The van der Waals surface area contributed by atoms with Crippen LogP contribution in [0, 0.1) is 11.6 Å². The van der Waals surface area contributed by atoms with E-state index in [-0.39, 0.29) is 11.4 Å². The lowest BCUT2D eigenvalue weighted by atomic mass is 10.2. The molecule has 3 aromatic rings. The Kier molecular flexibility index (Phi) is 5.61. The average molecular weight is 369 g/mol. The number of benzene rings is 2. The van der Waals surface area contributed by atoms with Gasteiger partial charge in [-0.1, -0.05) is 18.2 Å². The van der Waals surface area contributed by atoms with Crippen LogP contribution in [0.15, 0.2) is 60.8 Å². The topological polar surface area (TPSA) is 63.2 Å². The maximum atomic E-state index is 13.8. The van der Waals surface area contributed by atoms with Crippen molar-refractivity contribution in [3.63, 3.8) is 0 Å². The summed E-state index contributed by atoms with van der Waals surface area (Å²) in [5.74, 6) is -1.12. The lowest BCUT2D eigenvalue weighted by Gasteiger charge is -2.10. The van der Waals surface area contributed by atoms with Gasteiger partial charge in [0.15, 0.2) is 0 Å². The summed E-state index contributed by atoms with van der Waals surface area (Å²) < 4.78 is 32.6. The monoisotopic (exact) mass is 369 g/mol. The van der Waals surface area contributed by atoms with E-state index in [0.717, 1.165) is 23.4 Å². The number of rotatable bonds is 6. The molecule has 0 saturated carbocycles. The number of para-hydroxylation sites is 1. The van der Waals surface area contributed by atoms with Crippen LogP contribution in [-0.2, 0) is 6.54 Å². The van der Waals surface area contributed by atoms with E-state index in [1.807, 2.05) is 12.1 Å². The van der Waals surface area contributed by atoms with Crippen molar-refractivity contribution in [3.8, 4) is 5.75 Å². The predicted molar refractivity (Wildman–Crippen MR) is 98.0 cm³/mol. The first-order valence-electron chi connectivity index (χ1n) is 8.15. The van der Waals surface area contributed by atoms with Crippen LogP contribution < -0.4 is 15.4 Å². The first-order valence-corrected chi connectivity index (χ1v) is 8.15. The third kappa shape index (κ3) is 4.58. The zero-order chi connectivity index (χ0) is 19.2. The summed E-state index contributed by atoms with van der Waals surface area (Å²) >= 11 is 0. The molecule has 5 nitrogen and oxygen atoms in total. The zero-order valence-electron chi connectivity index (χ0n) is 14.5. The smallest absolute Gasteiger partial charge is 0.270 e. The molecular formula is C20H17F2N3O2. The minimum absolute atomic E-state index is 0.130. The van der Waals surface area contributed by atoms with Crippen molar-refractivity contribution in [1.29, 1.82) is 0 Å². The summed E-state index contributed by atoms with van der Waals surface area (Å²) in [6.07, 6.45) is 1.39. The van der Waals surface area contributed by atoms with Gasteiger partial charge in [0.05, 0.1) is 7.11 Å². The number of halogens is 2. The Balaban J connectivity index is 1.68. The van der Waals surface area contributed by atoms with Crippen molar-refractivity contribution in [1.82, 2.24) is 10.3 Å². The van der Waals surface area contributed by atoms with Gasteiger partial charge in [-0.2, -0.15) is 0 Å². The Morgan fingerprint density at radius 2 is 1.78 bits per heavy atom. The fraction of sp³-hybridized carbons (Fsp3) is 0.100. The van der Waals surface area contributed by atoms with Crippen molar-refractivity contribution < 1.29 is 18.3 Å². The van der Waals surface area contributed by atoms with Crippen molar-refractivity contribution in [2.75, 3.05) is 12.4 Å². The predicted octanol–water partition coefficient (Wildman–Crippen LogP) is 4.04. The normalized spacial score (nSPS) is 10.3. The van der Waals surface area contributed by atoms with Crippen LogP contribution in [0.5, 0.6) is 5.75 Å². The third-order valence-corrected chi connectivity index (χ3v) is 3.84. The first-order chi connectivity index (χ1) is 13.1. The summed E-state index contributed by atoms with van der Waals surface area (Å²) in [6, 6.07) is 13.8. The molecule has 2 aromatic carbocycles. The number of methoxy groups -OCH3 is 1. The van der Waals surface area contributed by atoms with Crippen LogP contribution in [0.25, 0.3) is 0 Å². The number of nitrogens with zero attached hydrogens (tertiary/aromatic N) is 1. The number of carbonyl (C=O) groups is 1. The molecule has 0 bridgehead atoms. The standard InChI is InChI=1S/C20H17F2N3O2/c1-27-15-7-5-13(6-8-15)12-24-20(26)18-11-14(9-10-23-18)25-19-16(21)3-2-4-17(19)22/h2-11H,12H2,1H3,(H,23,25)(H,24,26). The number of nitrogens with one attached hydrogen (secondary N) is 2. The minimum atomic E-state index is -0.725. The molecule has 0 fully saturated rings. The Labute approximate surface area is 155 Å². The van der Waals surface area contributed by atoms with Gasteiger partial charge in [0, 0.05) is 18.4 Å². The van der Waals surface area contributed by atoms with Gasteiger partial charge in [0.1, 0.15) is 28.8 Å². The van der Waals surface area contributed by atoms with Gasteiger partial charge in [0.25, 0.3) is 5.91 Å². The molecule has 3 rings (SSSR count). The highest BCUT2D eigenvalue weighted by Crippen LogP contribution is 2.23. The molecule has 0 radical (unpaired) electrons. The number of hydrogen-bond donors (Lipinski definition) is 2. The van der Waals surface area contributed by atoms with Crippen LogP contribution in [0.1, 0.15) is 16.1 Å². The molecule has 0 aliphatic heterocycles. The van der Waals surface area contributed by atoms with Gasteiger partial charge in [-0.05, 0) is 42.0 Å². The summed E-state index contributed by atoms with van der Waals surface area (Å²) in [6.45, 7) is 0.310. The summed E-state index contributed by atoms with van der Waals surface area (Å²) in [7, 11) is 1.58. The van der Waals surface area contributed by atoms with Crippen LogP contribution in [0.3, 0.4) is 0 Å². The quantitative estimate of drug-likeness (QED) is 0.688. The second-order valence-corrected chi connectivity index (χ2v) is 5.68. The van der Waals surface area contributed by atoms with Crippen molar-refractivity contribution in [2.45, 2.75) is 6.54 Å². The maximum absolute atomic E-state index is 13.8. The highest BCUT2D eigenvalue weighted by Gasteiger charge is 2.11. The van der Waals surface area contributed by atoms with Gasteiger partial charge in [-0.25, -0.2) is 8.78 Å². The average Bonchev–Trinajstić information content (AvgIpc) is 2.69. The van der Waals surface area contributed by atoms with E-state index in [1.54, 1.807) is 19.2 Å². The molecule has 1 amide bonds. The molecule has 7 heteroatoms. The number of carbonyl (C=O) groups excluding carboxylic acids is 1. The second kappa shape index (κ2) is 8.27. The number of aromatic nitrogens is 1. The fourth-order valence-electron chi connectivity index (χ4n) is 2.41. The molecule has 0 unspecified atom stereocenters. The third-order valence-electron chi connectivity index (χ3n) is 3.84. The van der Waals surface area contributed by atoms with E-state index in [0.29, 0.717) is 12.2 Å². The lowest BCUT2D eigenvalue weighted by molar-refractivity contribution is 0.0946. The number of anilines is 2. The Hall–Kier alpha value is -3.48. The Morgan fingerprint density at radius 1 is 1.07 bits per heavy atom. The highest BCUT2D eigenvalue weighted by atomic mass is 19.1. The SMILES string of the molecule is COc1ccc(CNC(=O)c2cc(Nc3c(F)cccc3F)ccn2)cc1. The maximum Gasteiger partial charge on any atom is 0.270 e. The van der Waals surface area contributed by atoms with Crippen LogP contribution >= 0.6 is 0 Å². The summed E-state index contributed by atoms with van der Waals surface area (Å²) in [4.78, 5) is 16.3. The molecule has 2 N–H and O–H groups in total. The molecule has 0 aliphatic rings. The molecule has 0 aliphatic carbocycles. The van der Waals surface area contributed by atoms with E-state index in [4.69, 9.17) is 4.74 Å². The number of pyridine rings is 1. The molecule has 138 valence electrons. The number of ether oxygens (including phenoxy) is 1. The molecule has 0 atom stereocenters. The van der Waals surface area contributed by atoms with Crippen LogP contribution in [0.4, 0.5) is 20.2 Å². The van der Waals surface area contributed by atoms with Gasteiger partial charge in [-0.15, -0.1) is 0 Å². The second-order valence-electron chi connectivity index (χ2n) is 5.68. The Bertz CT molecular complexity index is 926. The molecular weight excluding hydrogens is 352 g/mol. The molecule has 0 saturated heterocycles. The molecule has 1 aromatic heterocycles. The fourth-order valence-corrected chi connectivity index (χ4v) is 2.41. The van der Waals surface area contributed by atoms with Crippen molar-refractivity contribution in [3.05, 3.63) is 83.7 Å². The van der Waals surface area contributed by atoms with E-state index in [2.05, 4.69) is 15.6 Å². The summed E-state index contributed by atoms with van der Waals surface area (Å²) in [5.41, 5.74) is 1.09. The lowest BCUT2D eigenvalue weighted by Crippen LogP contribution is -2.23. The van der Waals surface area contributed by atoms with E-state index >= 15 is 0 Å². The zero-order valence-corrected chi connectivity index (χ0v) is 14.5. The van der Waals surface area contributed by atoms with Gasteiger partial charge < -0.3 is 15.4 Å². The largest absolute Gasteiger partial charge is 0.497 e. The van der Waals surface area contributed by atoms with E-state index < -0.39 is 17.5 Å². The molecule has 0 spiro atoms. The highest BCUT2D eigenvalue weighted by molar-refractivity contribution is 5.93. The number of hydrogen-bond acceptors (Lipinski definition) is 4. The molecule has 1 heterocycles. The van der Waals surface area contributed by atoms with Gasteiger partial charge >= 0.3 is 0 Å².